The van der Waals surface area contributed by atoms with E-state index >= 15 is 0 Å². The molecule has 6 nitrogen and oxygen atoms in total. The Morgan fingerprint density at radius 2 is 1.71 bits per heavy atom. The third kappa shape index (κ3) is 3.72. The van der Waals surface area contributed by atoms with Gasteiger partial charge in [-0.25, -0.2) is 9.59 Å². The molecule has 1 aliphatic heterocycles. The second-order valence-corrected chi connectivity index (χ2v) is 4.29. The highest BCUT2D eigenvalue weighted by atomic mass is 16.6. The highest BCUT2D eigenvalue weighted by Gasteiger charge is 2.29. The van der Waals surface area contributed by atoms with Crippen LogP contribution in [0.1, 0.15) is 27.7 Å². The first-order chi connectivity index (χ1) is 9.96. The van der Waals surface area contributed by atoms with Gasteiger partial charge in [-0.15, -0.1) is 0 Å². The van der Waals surface area contributed by atoms with Gasteiger partial charge in [0.1, 0.15) is 6.07 Å². The van der Waals surface area contributed by atoms with Gasteiger partial charge in [0.2, 0.25) is 0 Å². The minimum atomic E-state index is -0.813. The van der Waals surface area contributed by atoms with E-state index in [1.165, 1.54) is 0 Å². The van der Waals surface area contributed by atoms with E-state index in [2.05, 4.69) is 5.32 Å². The van der Waals surface area contributed by atoms with Crippen LogP contribution < -0.4 is 5.32 Å². The van der Waals surface area contributed by atoms with Crippen molar-refractivity contribution in [3.63, 3.8) is 0 Å². The summed E-state index contributed by atoms with van der Waals surface area (Å²) in [5, 5.41) is 12.1. The molecule has 0 radical (unpaired) electrons. The number of allylic oxidation sites excluding steroid dienone is 4. The van der Waals surface area contributed by atoms with Crippen LogP contribution in [0, 0.1) is 11.3 Å². The summed E-state index contributed by atoms with van der Waals surface area (Å²) >= 11 is 0. The predicted octanol–water partition coefficient (Wildman–Crippen LogP) is 1.71. The lowest BCUT2D eigenvalue weighted by molar-refractivity contribution is -0.146. The van der Waals surface area contributed by atoms with Crippen LogP contribution in [0.2, 0.25) is 0 Å². The van der Waals surface area contributed by atoms with E-state index in [-0.39, 0.29) is 30.1 Å². The Labute approximate surface area is 123 Å². The van der Waals surface area contributed by atoms with Crippen LogP contribution in [0.25, 0.3) is 0 Å². The van der Waals surface area contributed by atoms with Crippen molar-refractivity contribution >= 4 is 11.9 Å². The summed E-state index contributed by atoms with van der Waals surface area (Å²) in [5.41, 5.74) is 1.61. The maximum atomic E-state index is 12.0. The van der Waals surface area contributed by atoms with Gasteiger partial charge in [-0.1, -0.05) is 0 Å². The molecule has 1 heterocycles. The number of hydrogen-bond donors (Lipinski definition) is 1. The van der Waals surface area contributed by atoms with Crippen LogP contribution in [-0.2, 0) is 19.1 Å². The van der Waals surface area contributed by atoms with Crippen LogP contribution in [0.3, 0.4) is 0 Å². The van der Waals surface area contributed by atoms with E-state index in [9.17, 15) is 14.9 Å². The number of rotatable bonds is 4. The Morgan fingerprint density at radius 3 is 2.14 bits per heavy atom. The van der Waals surface area contributed by atoms with Crippen LogP contribution in [-0.4, -0.2) is 25.2 Å². The first-order valence-corrected chi connectivity index (χ1v) is 6.61. The number of dihydropyridines is 1. The van der Waals surface area contributed by atoms with Gasteiger partial charge in [0.15, 0.2) is 5.57 Å². The number of nitrogens with zero attached hydrogens (tertiary/aromatic N) is 1. The van der Waals surface area contributed by atoms with E-state index in [1.54, 1.807) is 26.8 Å². The van der Waals surface area contributed by atoms with E-state index in [1.807, 2.05) is 13.0 Å². The Morgan fingerprint density at radius 1 is 1.19 bits per heavy atom. The Balaban J connectivity index is 3.41. The maximum Gasteiger partial charge on any atom is 0.347 e. The summed E-state index contributed by atoms with van der Waals surface area (Å²) < 4.78 is 9.78. The lowest BCUT2D eigenvalue weighted by atomic mass is 10.00. The van der Waals surface area contributed by atoms with Crippen molar-refractivity contribution in [3.8, 4) is 6.07 Å². The Bertz CT molecular complexity index is 571. The minimum absolute atomic E-state index is 0.120. The average Bonchev–Trinajstić information content (AvgIpc) is 2.43. The smallest absolute Gasteiger partial charge is 0.347 e. The Kier molecular flexibility index (Phi) is 5.73. The van der Waals surface area contributed by atoms with Crippen molar-refractivity contribution in [2.75, 3.05) is 13.2 Å². The van der Waals surface area contributed by atoms with E-state index in [0.29, 0.717) is 0 Å². The average molecular weight is 290 g/mol. The van der Waals surface area contributed by atoms with Gasteiger partial charge in [0.05, 0.1) is 24.5 Å². The number of nitriles is 1. The molecule has 0 fully saturated rings. The van der Waals surface area contributed by atoms with Gasteiger partial charge in [0.25, 0.3) is 0 Å². The lowest BCUT2D eigenvalue weighted by Gasteiger charge is -2.20. The van der Waals surface area contributed by atoms with Gasteiger partial charge in [-0.3, -0.25) is 0 Å². The highest BCUT2D eigenvalue weighted by molar-refractivity contribution is 6.15. The molecule has 6 heteroatoms. The zero-order valence-electron chi connectivity index (χ0n) is 12.6. The van der Waals surface area contributed by atoms with Crippen LogP contribution >= 0.6 is 0 Å². The second kappa shape index (κ2) is 7.29. The topological polar surface area (TPSA) is 88.4 Å². The van der Waals surface area contributed by atoms with Gasteiger partial charge in [-0.2, -0.15) is 5.26 Å². The molecule has 0 saturated heterocycles. The monoisotopic (exact) mass is 290 g/mol. The Hall–Kier alpha value is -2.55. The quantitative estimate of drug-likeness (QED) is 0.367. The summed E-state index contributed by atoms with van der Waals surface area (Å²) in [5.74, 6) is -1.63. The molecule has 21 heavy (non-hydrogen) atoms. The van der Waals surface area contributed by atoms with Crippen molar-refractivity contribution in [3.05, 3.63) is 34.2 Å². The summed E-state index contributed by atoms with van der Waals surface area (Å²) in [6, 6.07) is 1.97. The maximum absolute atomic E-state index is 12.0. The number of carbonyl (C=O) groups is 2. The fourth-order valence-corrected chi connectivity index (χ4v) is 1.73. The van der Waals surface area contributed by atoms with Crippen molar-refractivity contribution in [2.24, 2.45) is 0 Å². The normalized spacial score (nSPS) is 13.9. The highest BCUT2D eigenvalue weighted by Crippen LogP contribution is 2.23. The number of ether oxygens (including phenoxy) is 2. The minimum Gasteiger partial charge on any atom is -0.462 e. The standard InChI is InChI=1S/C15H18N2O4/c1-5-20-14(18)12(15(19)21-6-2)13-11(8-16)7-9(3)10(4)17-13/h7,17H,5-6H2,1-4H3. The molecule has 0 bridgehead atoms. The summed E-state index contributed by atoms with van der Waals surface area (Å²) in [6.45, 7) is 7.12. The van der Waals surface area contributed by atoms with Gasteiger partial charge in [-0.05, 0) is 39.3 Å². The molecule has 1 N–H and O–H groups in total. The molecule has 112 valence electrons. The van der Waals surface area contributed by atoms with Crippen molar-refractivity contribution in [1.29, 1.82) is 5.26 Å². The molecular formula is C15H18N2O4. The lowest BCUT2D eigenvalue weighted by Crippen LogP contribution is -2.28. The van der Waals surface area contributed by atoms with E-state index in [4.69, 9.17) is 9.47 Å². The number of nitrogens with one attached hydrogen (secondary N) is 1. The van der Waals surface area contributed by atoms with Gasteiger partial charge in [0, 0.05) is 5.70 Å². The largest absolute Gasteiger partial charge is 0.462 e. The third-order valence-corrected chi connectivity index (χ3v) is 2.86. The zero-order valence-corrected chi connectivity index (χ0v) is 12.6. The van der Waals surface area contributed by atoms with Crippen LogP contribution in [0.4, 0.5) is 0 Å². The molecule has 0 aromatic carbocycles. The van der Waals surface area contributed by atoms with Crippen molar-refractivity contribution in [1.82, 2.24) is 5.32 Å². The molecule has 0 atom stereocenters. The van der Waals surface area contributed by atoms with Crippen LogP contribution in [0.15, 0.2) is 34.2 Å². The zero-order chi connectivity index (χ0) is 16.0. The van der Waals surface area contributed by atoms with Gasteiger partial charge < -0.3 is 14.8 Å². The molecular weight excluding hydrogens is 272 g/mol. The number of hydrogen-bond acceptors (Lipinski definition) is 6. The summed E-state index contributed by atoms with van der Waals surface area (Å²) in [7, 11) is 0. The molecule has 0 amide bonds. The third-order valence-electron chi connectivity index (χ3n) is 2.86. The summed E-state index contributed by atoms with van der Waals surface area (Å²) in [6.07, 6.45) is 1.61. The first-order valence-electron chi connectivity index (χ1n) is 6.61. The number of esters is 2. The fourth-order valence-electron chi connectivity index (χ4n) is 1.73. The molecule has 1 aliphatic rings. The van der Waals surface area contributed by atoms with Crippen LogP contribution in [0.5, 0.6) is 0 Å². The summed E-state index contributed by atoms with van der Waals surface area (Å²) in [4.78, 5) is 24.1. The molecule has 0 unspecified atom stereocenters. The molecule has 1 rings (SSSR count). The SMILES string of the molecule is CCOC(=O)C(C(=O)OCC)=C1NC(C)=C(C)C=C1C#N. The predicted molar refractivity (Wildman–Crippen MR) is 75.5 cm³/mol. The number of carbonyl (C=O) groups excluding carboxylic acids is 2. The molecule has 0 aromatic rings. The molecule has 0 spiro atoms. The molecule has 0 aromatic heterocycles. The van der Waals surface area contributed by atoms with E-state index in [0.717, 1.165) is 11.3 Å². The molecule has 0 aliphatic carbocycles. The van der Waals surface area contributed by atoms with Gasteiger partial charge >= 0.3 is 11.9 Å². The second-order valence-electron chi connectivity index (χ2n) is 4.29. The molecule has 0 saturated carbocycles. The van der Waals surface area contributed by atoms with Crippen molar-refractivity contribution in [2.45, 2.75) is 27.7 Å². The fraction of sp³-hybridized carbons (Fsp3) is 0.400. The van der Waals surface area contributed by atoms with E-state index < -0.39 is 11.9 Å². The van der Waals surface area contributed by atoms with Crippen molar-refractivity contribution < 1.29 is 19.1 Å². The first kappa shape index (κ1) is 16.5.